The molecule has 0 aliphatic carbocycles. The van der Waals surface area contributed by atoms with Gasteiger partial charge in [-0.05, 0) is 18.4 Å². The van der Waals surface area contributed by atoms with E-state index in [0.717, 1.165) is 24.6 Å². The van der Waals surface area contributed by atoms with E-state index in [1.807, 2.05) is 6.07 Å². The van der Waals surface area contributed by atoms with E-state index in [1.165, 1.54) is 0 Å². The summed E-state index contributed by atoms with van der Waals surface area (Å²) in [6, 6.07) is 1.77. The summed E-state index contributed by atoms with van der Waals surface area (Å²) in [6.07, 6.45) is 2.63. The molecule has 0 aromatic carbocycles. The molecule has 1 atom stereocenters. The zero-order valence-electron chi connectivity index (χ0n) is 12.8. The van der Waals surface area contributed by atoms with Gasteiger partial charge in [0.2, 0.25) is 5.91 Å². The minimum absolute atomic E-state index is 0.106. The summed E-state index contributed by atoms with van der Waals surface area (Å²) in [5.74, 6) is 2.56. The van der Waals surface area contributed by atoms with E-state index in [9.17, 15) is 4.79 Å². The van der Waals surface area contributed by atoms with Crippen molar-refractivity contribution in [1.82, 2.24) is 15.3 Å². The van der Waals surface area contributed by atoms with E-state index < -0.39 is 0 Å². The lowest BCUT2D eigenvalue weighted by Crippen LogP contribution is -2.56. The molecular formula is C15H24N4O. The van der Waals surface area contributed by atoms with Crippen LogP contribution >= 0.6 is 0 Å². The SMILES string of the molecule is CC(C)CC1C(=O)NCCN1c1ccnc(C(C)C)n1. The number of carbonyl (C=O) groups excluding carboxylic acids is 1. The van der Waals surface area contributed by atoms with Crippen LogP contribution in [0.3, 0.4) is 0 Å². The Morgan fingerprint density at radius 3 is 2.80 bits per heavy atom. The van der Waals surface area contributed by atoms with Gasteiger partial charge in [0, 0.05) is 25.2 Å². The molecule has 1 saturated heterocycles. The highest BCUT2D eigenvalue weighted by Gasteiger charge is 2.31. The minimum Gasteiger partial charge on any atom is -0.353 e. The van der Waals surface area contributed by atoms with Crippen molar-refractivity contribution in [3.63, 3.8) is 0 Å². The fraction of sp³-hybridized carbons (Fsp3) is 0.667. The van der Waals surface area contributed by atoms with Gasteiger partial charge in [-0.1, -0.05) is 27.7 Å². The van der Waals surface area contributed by atoms with Gasteiger partial charge in [-0.2, -0.15) is 0 Å². The molecule has 5 heteroatoms. The Balaban J connectivity index is 2.27. The number of anilines is 1. The van der Waals surface area contributed by atoms with Crippen LogP contribution in [0, 0.1) is 5.92 Å². The van der Waals surface area contributed by atoms with Crippen LogP contribution < -0.4 is 10.2 Å². The van der Waals surface area contributed by atoms with Crippen LogP contribution in [-0.2, 0) is 4.79 Å². The third kappa shape index (κ3) is 3.26. The van der Waals surface area contributed by atoms with Crippen LogP contribution in [-0.4, -0.2) is 35.0 Å². The number of piperazine rings is 1. The summed E-state index contributed by atoms with van der Waals surface area (Å²) in [7, 11) is 0. The number of carbonyl (C=O) groups is 1. The second kappa shape index (κ2) is 6.20. The van der Waals surface area contributed by atoms with Crippen molar-refractivity contribution in [2.24, 2.45) is 5.92 Å². The molecule has 2 rings (SSSR count). The number of hydrogen-bond donors (Lipinski definition) is 1. The smallest absolute Gasteiger partial charge is 0.242 e. The molecule has 110 valence electrons. The summed E-state index contributed by atoms with van der Waals surface area (Å²) in [4.78, 5) is 23.2. The quantitative estimate of drug-likeness (QED) is 0.913. The third-order valence-corrected chi connectivity index (χ3v) is 3.50. The Hall–Kier alpha value is -1.65. The van der Waals surface area contributed by atoms with Gasteiger partial charge >= 0.3 is 0 Å². The van der Waals surface area contributed by atoms with Crippen LogP contribution in [0.25, 0.3) is 0 Å². The van der Waals surface area contributed by atoms with Crippen LogP contribution in [0.5, 0.6) is 0 Å². The van der Waals surface area contributed by atoms with Gasteiger partial charge in [0.05, 0.1) is 0 Å². The van der Waals surface area contributed by atoms with Gasteiger partial charge in [0.25, 0.3) is 0 Å². The van der Waals surface area contributed by atoms with E-state index in [-0.39, 0.29) is 17.9 Å². The zero-order valence-corrected chi connectivity index (χ0v) is 12.8. The first kappa shape index (κ1) is 14.8. The summed E-state index contributed by atoms with van der Waals surface area (Å²) < 4.78 is 0. The van der Waals surface area contributed by atoms with Crippen LogP contribution in [0.1, 0.15) is 45.9 Å². The Morgan fingerprint density at radius 2 is 2.15 bits per heavy atom. The summed E-state index contributed by atoms with van der Waals surface area (Å²) in [5, 5.41) is 2.95. The highest BCUT2D eigenvalue weighted by Crippen LogP contribution is 2.22. The van der Waals surface area contributed by atoms with Crippen molar-refractivity contribution in [2.75, 3.05) is 18.0 Å². The molecular weight excluding hydrogens is 252 g/mol. The van der Waals surface area contributed by atoms with E-state index in [1.54, 1.807) is 6.20 Å². The number of nitrogens with zero attached hydrogens (tertiary/aromatic N) is 3. The maximum absolute atomic E-state index is 12.1. The zero-order chi connectivity index (χ0) is 14.7. The highest BCUT2D eigenvalue weighted by molar-refractivity contribution is 5.86. The molecule has 1 N–H and O–H groups in total. The number of amides is 1. The van der Waals surface area contributed by atoms with Gasteiger partial charge < -0.3 is 10.2 Å². The average molecular weight is 276 g/mol. The lowest BCUT2D eigenvalue weighted by atomic mass is 10.00. The van der Waals surface area contributed by atoms with Crippen molar-refractivity contribution in [1.29, 1.82) is 0 Å². The van der Waals surface area contributed by atoms with Gasteiger partial charge in [-0.3, -0.25) is 4.79 Å². The van der Waals surface area contributed by atoms with Gasteiger partial charge in [0.1, 0.15) is 17.7 Å². The lowest BCUT2D eigenvalue weighted by molar-refractivity contribution is -0.123. The van der Waals surface area contributed by atoms with Crippen LogP contribution in [0.2, 0.25) is 0 Å². The summed E-state index contributed by atoms with van der Waals surface area (Å²) in [5.41, 5.74) is 0. The molecule has 5 nitrogen and oxygen atoms in total. The Bertz CT molecular complexity index is 473. The molecule has 0 radical (unpaired) electrons. The maximum atomic E-state index is 12.1. The van der Waals surface area contributed by atoms with Crippen molar-refractivity contribution in [3.05, 3.63) is 18.1 Å². The Kier molecular flexibility index (Phi) is 4.57. The molecule has 1 unspecified atom stereocenters. The van der Waals surface area contributed by atoms with Crippen LogP contribution in [0.15, 0.2) is 12.3 Å². The van der Waals surface area contributed by atoms with Gasteiger partial charge in [-0.15, -0.1) is 0 Å². The van der Waals surface area contributed by atoms with E-state index >= 15 is 0 Å². The second-order valence-corrected chi connectivity index (χ2v) is 6.06. The normalized spacial score (nSPS) is 19.6. The molecule has 20 heavy (non-hydrogen) atoms. The standard InChI is InChI=1S/C15H24N4O/c1-10(2)9-12-15(20)17-7-8-19(12)13-5-6-16-14(18-13)11(3)4/h5-6,10-12H,7-9H2,1-4H3,(H,17,20). The number of aromatic nitrogens is 2. The fourth-order valence-electron chi connectivity index (χ4n) is 2.47. The number of nitrogens with one attached hydrogen (secondary N) is 1. The molecule has 0 bridgehead atoms. The van der Waals surface area contributed by atoms with Crippen molar-refractivity contribution in [3.8, 4) is 0 Å². The van der Waals surface area contributed by atoms with Crippen LogP contribution in [0.4, 0.5) is 5.82 Å². The monoisotopic (exact) mass is 276 g/mol. The van der Waals surface area contributed by atoms with Crippen molar-refractivity contribution >= 4 is 11.7 Å². The first-order chi connectivity index (χ1) is 9.49. The molecule has 1 aliphatic rings. The van der Waals surface area contributed by atoms with Crippen molar-refractivity contribution in [2.45, 2.75) is 46.1 Å². The average Bonchev–Trinajstić information content (AvgIpc) is 2.41. The van der Waals surface area contributed by atoms with E-state index in [4.69, 9.17) is 0 Å². The molecule has 1 aromatic heterocycles. The number of rotatable bonds is 4. The fourth-order valence-corrected chi connectivity index (χ4v) is 2.47. The number of hydrogen-bond acceptors (Lipinski definition) is 4. The summed E-state index contributed by atoms with van der Waals surface area (Å²) in [6.45, 7) is 9.91. The molecule has 1 amide bonds. The molecule has 1 aliphatic heterocycles. The van der Waals surface area contributed by atoms with E-state index in [0.29, 0.717) is 12.5 Å². The maximum Gasteiger partial charge on any atom is 0.242 e. The largest absolute Gasteiger partial charge is 0.353 e. The second-order valence-electron chi connectivity index (χ2n) is 6.06. The lowest BCUT2D eigenvalue weighted by Gasteiger charge is -2.36. The van der Waals surface area contributed by atoms with Gasteiger partial charge in [-0.25, -0.2) is 9.97 Å². The Morgan fingerprint density at radius 1 is 1.40 bits per heavy atom. The molecule has 2 heterocycles. The van der Waals surface area contributed by atoms with Gasteiger partial charge in [0.15, 0.2) is 0 Å². The first-order valence-corrected chi connectivity index (χ1v) is 7.36. The molecule has 1 aromatic rings. The summed E-state index contributed by atoms with van der Waals surface area (Å²) >= 11 is 0. The third-order valence-electron chi connectivity index (χ3n) is 3.50. The predicted octanol–water partition coefficient (Wildman–Crippen LogP) is 1.95. The Labute approximate surface area is 120 Å². The molecule has 0 spiro atoms. The molecule has 0 saturated carbocycles. The highest BCUT2D eigenvalue weighted by atomic mass is 16.2. The van der Waals surface area contributed by atoms with Crippen molar-refractivity contribution < 1.29 is 4.79 Å². The predicted molar refractivity (Wildman–Crippen MR) is 79.7 cm³/mol. The minimum atomic E-state index is -0.126. The van der Waals surface area contributed by atoms with E-state index in [2.05, 4.69) is 47.9 Å². The molecule has 1 fully saturated rings. The first-order valence-electron chi connectivity index (χ1n) is 7.36. The topological polar surface area (TPSA) is 58.1 Å².